The van der Waals surface area contributed by atoms with Crippen LogP contribution in [0.4, 0.5) is 0 Å². The van der Waals surface area contributed by atoms with Gasteiger partial charge in [-0.25, -0.2) is 0 Å². The quantitative estimate of drug-likeness (QED) is 0.349. The predicted molar refractivity (Wildman–Crippen MR) is 129 cm³/mol. The fourth-order valence-corrected chi connectivity index (χ4v) is 10.6. The zero-order chi connectivity index (χ0) is 21.8. The molecule has 0 N–H and O–H groups in total. The van der Waals surface area contributed by atoms with Crippen LogP contribution in [0, 0.1) is 50.2 Å². The Kier molecular flexibility index (Phi) is 4.46. The number of rotatable bonds is 0. The molecule has 0 saturated heterocycles. The molecule has 0 aromatic heterocycles. The molecule has 5 rings (SSSR count). The summed E-state index contributed by atoms with van der Waals surface area (Å²) in [5, 5.41) is 0. The molecule has 7 atom stereocenters. The summed E-state index contributed by atoms with van der Waals surface area (Å²) in [5.74, 6) is 2.65. The highest BCUT2D eigenvalue weighted by Crippen LogP contribution is 2.75. The highest BCUT2D eigenvalue weighted by Gasteiger charge is 2.66. The lowest BCUT2D eigenvalue weighted by molar-refractivity contribution is -0.182. The minimum atomic E-state index is 0.474. The lowest BCUT2D eigenvalue weighted by Crippen LogP contribution is -2.62. The van der Waals surface area contributed by atoms with Crippen molar-refractivity contribution in [1.82, 2.24) is 0 Å². The fourth-order valence-electron chi connectivity index (χ4n) is 10.6. The van der Waals surface area contributed by atoms with Crippen molar-refractivity contribution >= 4 is 0 Å². The summed E-state index contributed by atoms with van der Waals surface area (Å²) < 4.78 is 0. The highest BCUT2D eigenvalue weighted by atomic mass is 14.7. The van der Waals surface area contributed by atoms with E-state index in [2.05, 4.69) is 61.5 Å². The molecule has 5 aliphatic rings. The predicted octanol–water partition coefficient (Wildman–Crippen LogP) is 9.20. The van der Waals surface area contributed by atoms with Crippen LogP contribution >= 0.6 is 0 Å². The summed E-state index contributed by atoms with van der Waals surface area (Å²) in [6, 6.07) is 0. The van der Waals surface area contributed by atoms with Crippen LogP contribution in [0.1, 0.15) is 126 Å². The first-order valence-corrected chi connectivity index (χ1v) is 13.5. The summed E-state index contributed by atoms with van der Waals surface area (Å²) in [5.41, 5.74) is 5.05. The Bertz CT molecular complexity index is 754. The minimum Gasteiger partial charge on any atom is -0.0839 e. The molecule has 0 aromatic carbocycles. The van der Waals surface area contributed by atoms with Gasteiger partial charge in [-0.15, -0.1) is 0 Å². The molecule has 0 spiro atoms. The SMILES string of the molecule is CC1(C)CC[C@]2(C)CC[C@]3(C)[C@@H]4CC[C@@H]5C(C)(C)CCC[C@]5(C)C4=CC[C@@]3(C)[C@@H]2C1. The third-order valence-electron chi connectivity index (χ3n) is 12.8. The van der Waals surface area contributed by atoms with Crippen molar-refractivity contribution in [2.24, 2.45) is 50.2 Å². The van der Waals surface area contributed by atoms with Crippen molar-refractivity contribution in [3.05, 3.63) is 11.6 Å². The van der Waals surface area contributed by atoms with E-state index >= 15 is 0 Å². The molecule has 30 heavy (non-hydrogen) atoms. The monoisotopic (exact) mass is 410 g/mol. The summed E-state index contributed by atoms with van der Waals surface area (Å²) in [7, 11) is 0. The largest absolute Gasteiger partial charge is 0.0839 e. The number of allylic oxidation sites excluding steroid dienone is 2. The average Bonchev–Trinajstić information content (AvgIpc) is 2.64. The van der Waals surface area contributed by atoms with Crippen molar-refractivity contribution in [2.45, 2.75) is 126 Å². The normalized spacial score (nSPS) is 54.1. The first-order chi connectivity index (χ1) is 13.8. The zero-order valence-electron chi connectivity index (χ0n) is 21.6. The number of hydrogen-bond donors (Lipinski definition) is 0. The van der Waals surface area contributed by atoms with Gasteiger partial charge in [-0.2, -0.15) is 0 Å². The van der Waals surface area contributed by atoms with Crippen LogP contribution in [0.5, 0.6) is 0 Å². The smallest absolute Gasteiger partial charge is 0.00801 e. The van der Waals surface area contributed by atoms with Gasteiger partial charge in [0.05, 0.1) is 0 Å². The second-order valence-corrected chi connectivity index (χ2v) is 15.2. The molecule has 4 fully saturated rings. The first kappa shape index (κ1) is 21.6. The van der Waals surface area contributed by atoms with Crippen molar-refractivity contribution in [3.63, 3.8) is 0 Å². The summed E-state index contributed by atoms with van der Waals surface area (Å²) in [6.45, 7) is 21.2. The van der Waals surface area contributed by atoms with Gasteiger partial charge in [-0.05, 0) is 114 Å². The van der Waals surface area contributed by atoms with E-state index in [-0.39, 0.29) is 0 Å². The molecule has 0 bridgehead atoms. The molecule has 0 amide bonds. The summed E-state index contributed by atoms with van der Waals surface area (Å²) in [4.78, 5) is 0. The maximum atomic E-state index is 2.85. The molecule has 0 aliphatic heterocycles. The molecular formula is C30H50. The summed E-state index contributed by atoms with van der Waals surface area (Å²) in [6.07, 6.45) is 18.8. The van der Waals surface area contributed by atoms with E-state index in [4.69, 9.17) is 0 Å². The Balaban J connectivity index is 1.58. The van der Waals surface area contributed by atoms with Crippen LogP contribution in [0.3, 0.4) is 0 Å². The van der Waals surface area contributed by atoms with Gasteiger partial charge in [0.15, 0.2) is 0 Å². The van der Waals surface area contributed by atoms with Crippen LogP contribution in [0.2, 0.25) is 0 Å². The average molecular weight is 411 g/mol. The maximum absolute atomic E-state index is 2.85. The molecule has 0 unspecified atom stereocenters. The van der Waals surface area contributed by atoms with Crippen LogP contribution < -0.4 is 0 Å². The van der Waals surface area contributed by atoms with Gasteiger partial charge in [0.2, 0.25) is 0 Å². The zero-order valence-corrected chi connectivity index (χ0v) is 21.6. The molecule has 0 heteroatoms. The fraction of sp³-hybridized carbons (Fsp3) is 0.933. The molecule has 5 aliphatic carbocycles. The first-order valence-electron chi connectivity index (χ1n) is 13.5. The second kappa shape index (κ2) is 6.20. The van der Waals surface area contributed by atoms with Gasteiger partial charge in [-0.1, -0.05) is 73.5 Å². The second-order valence-electron chi connectivity index (χ2n) is 15.2. The van der Waals surface area contributed by atoms with Crippen molar-refractivity contribution in [3.8, 4) is 0 Å². The van der Waals surface area contributed by atoms with Gasteiger partial charge in [0.1, 0.15) is 0 Å². The van der Waals surface area contributed by atoms with E-state index in [1.165, 1.54) is 70.6 Å². The van der Waals surface area contributed by atoms with E-state index in [0.717, 1.165) is 17.8 Å². The van der Waals surface area contributed by atoms with Gasteiger partial charge in [0.25, 0.3) is 0 Å². The molecule has 170 valence electrons. The van der Waals surface area contributed by atoms with Crippen molar-refractivity contribution < 1.29 is 0 Å². The van der Waals surface area contributed by atoms with Gasteiger partial charge < -0.3 is 0 Å². The molecular weight excluding hydrogens is 360 g/mol. The van der Waals surface area contributed by atoms with Crippen molar-refractivity contribution in [2.75, 3.05) is 0 Å². The molecule has 0 nitrogen and oxygen atoms in total. The third kappa shape index (κ3) is 2.64. The number of hydrogen-bond acceptors (Lipinski definition) is 0. The van der Waals surface area contributed by atoms with Gasteiger partial charge in [0, 0.05) is 0 Å². The Labute approximate surface area is 188 Å². The van der Waals surface area contributed by atoms with Crippen LogP contribution in [-0.4, -0.2) is 0 Å². The van der Waals surface area contributed by atoms with Gasteiger partial charge >= 0.3 is 0 Å². The van der Waals surface area contributed by atoms with Crippen LogP contribution in [0.25, 0.3) is 0 Å². The Morgan fingerprint density at radius 3 is 2.13 bits per heavy atom. The van der Waals surface area contributed by atoms with Crippen LogP contribution in [0.15, 0.2) is 11.6 Å². The van der Waals surface area contributed by atoms with Crippen molar-refractivity contribution in [1.29, 1.82) is 0 Å². The van der Waals surface area contributed by atoms with E-state index in [0.29, 0.717) is 32.5 Å². The standard InChI is InChI=1S/C30H50/c1-25(2)16-17-27(5)18-19-29(7)22-10-11-23-26(3,4)13-9-14-28(23,6)21(22)12-15-30(29,8)24(27)20-25/h12,22-24H,9-11,13-20H2,1-8H3/t22-,23-,24-,27-,28-,29-,30+/m1/s1. The highest BCUT2D eigenvalue weighted by molar-refractivity contribution is 5.32. The number of fused-ring (bicyclic) bond motifs is 7. The van der Waals surface area contributed by atoms with Crippen LogP contribution in [-0.2, 0) is 0 Å². The molecule has 4 saturated carbocycles. The minimum absolute atomic E-state index is 0.474. The Morgan fingerprint density at radius 2 is 1.40 bits per heavy atom. The van der Waals surface area contributed by atoms with E-state index < -0.39 is 0 Å². The Hall–Kier alpha value is -0.260. The van der Waals surface area contributed by atoms with E-state index in [1.54, 1.807) is 0 Å². The lowest BCUT2D eigenvalue weighted by atomic mass is 9.34. The van der Waals surface area contributed by atoms with E-state index in [9.17, 15) is 0 Å². The topological polar surface area (TPSA) is 0 Å². The molecule has 0 aromatic rings. The Morgan fingerprint density at radius 1 is 0.700 bits per heavy atom. The van der Waals surface area contributed by atoms with E-state index in [1.807, 2.05) is 5.57 Å². The molecule has 0 radical (unpaired) electrons. The van der Waals surface area contributed by atoms with Gasteiger partial charge in [-0.3, -0.25) is 0 Å². The third-order valence-corrected chi connectivity index (χ3v) is 12.8. The maximum Gasteiger partial charge on any atom is -0.00801 e. The summed E-state index contributed by atoms with van der Waals surface area (Å²) >= 11 is 0. The molecule has 0 heterocycles. The lowest BCUT2D eigenvalue weighted by Gasteiger charge is -2.71.